The van der Waals surface area contributed by atoms with Gasteiger partial charge in [-0.05, 0) is 18.2 Å². The van der Waals surface area contributed by atoms with Gasteiger partial charge in [-0.3, -0.25) is 4.90 Å². The molecule has 0 unspecified atom stereocenters. The number of carbonyl (C=O) groups excluding carboxylic acids is 1. The Kier molecular flexibility index (Phi) is 4.27. The molecular weight excluding hydrogens is 365 g/mol. The highest BCUT2D eigenvalue weighted by molar-refractivity contribution is 7.87. The fourth-order valence-electron chi connectivity index (χ4n) is 2.46. The van der Waals surface area contributed by atoms with Crippen LogP contribution in [0.25, 0.3) is 0 Å². The van der Waals surface area contributed by atoms with Gasteiger partial charge < -0.3 is 13.8 Å². The molecule has 2 amide bonds. The lowest BCUT2D eigenvalue weighted by Crippen LogP contribution is -2.46. The average Bonchev–Trinajstić information content (AvgIpc) is 3.00. The Balaban J connectivity index is 1.69. The first-order chi connectivity index (χ1) is 11.7. The summed E-state index contributed by atoms with van der Waals surface area (Å²) in [6, 6.07) is 6.37. The van der Waals surface area contributed by atoms with Gasteiger partial charge in [0, 0.05) is 6.54 Å². The maximum Gasteiger partial charge on any atom is 0.534 e. The molecule has 11 heteroatoms. The number of urea groups is 1. The van der Waals surface area contributed by atoms with Crippen molar-refractivity contribution in [2.75, 3.05) is 31.1 Å². The van der Waals surface area contributed by atoms with Crippen molar-refractivity contribution in [1.29, 1.82) is 0 Å². The number of ether oxygens (including phenoxy) is 1. The van der Waals surface area contributed by atoms with E-state index in [4.69, 9.17) is 4.74 Å². The number of rotatable bonds is 2. The van der Waals surface area contributed by atoms with Crippen molar-refractivity contribution < 1.29 is 35.3 Å². The molecule has 0 bridgehead atoms. The second-order valence-electron chi connectivity index (χ2n) is 5.28. The lowest BCUT2D eigenvalue weighted by molar-refractivity contribution is -0.0522. The van der Waals surface area contributed by atoms with Gasteiger partial charge in [0.2, 0.25) is 0 Å². The Morgan fingerprint density at radius 2 is 1.96 bits per heavy atom. The van der Waals surface area contributed by atoms with Gasteiger partial charge in [-0.2, -0.15) is 21.6 Å². The average molecular weight is 378 g/mol. The van der Waals surface area contributed by atoms with E-state index in [1.54, 1.807) is 24.3 Å². The summed E-state index contributed by atoms with van der Waals surface area (Å²) in [7, 11) is -5.74. The fourth-order valence-corrected chi connectivity index (χ4v) is 2.96. The van der Waals surface area contributed by atoms with E-state index in [0.29, 0.717) is 11.4 Å². The molecule has 0 aromatic heterocycles. The van der Waals surface area contributed by atoms with Crippen LogP contribution in [0.5, 0.6) is 5.75 Å². The molecule has 0 spiro atoms. The standard InChI is InChI=1S/C14H13F3N2O5S/c15-14(16,17)25(21,22)24-10-5-6-18(9-10)13(20)19-7-8-23-12-4-2-1-3-11(12)19/h1-5H,6-9H2. The van der Waals surface area contributed by atoms with Gasteiger partial charge in [-0.1, -0.05) is 12.1 Å². The predicted molar refractivity (Wildman–Crippen MR) is 80.4 cm³/mol. The molecule has 0 atom stereocenters. The highest BCUT2D eigenvalue weighted by atomic mass is 32.2. The Labute approximate surface area is 141 Å². The molecule has 7 nitrogen and oxygen atoms in total. The second-order valence-corrected chi connectivity index (χ2v) is 6.82. The summed E-state index contributed by atoms with van der Waals surface area (Å²) in [5, 5.41) is 0. The topological polar surface area (TPSA) is 76.2 Å². The summed E-state index contributed by atoms with van der Waals surface area (Å²) in [6.07, 6.45) is 1.13. The minimum Gasteiger partial charge on any atom is -0.490 e. The molecule has 0 aliphatic carbocycles. The number of nitrogens with zero attached hydrogens (tertiary/aromatic N) is 2. The Morgan fingerprint density at radius 3 is 2.68 bits per heavy atom. The van der Waals surface area contributed by atoms with E-state index < -0.39 is 27.4 Å². The van der Waals surface area contributed by atoms with E-state index >= 15 is 0 Å². The van der Waals surface area contributed by atoms with Crippen molar-refractivity contribution in [2.45, 2.75) is 5.51 Å². The van der Waals surface area contributed by atoms with E-state index in [1.807, 2.05) is 0 Å². The number of carbonyl (C=O) groups is 1. The number of benzene rings is 1. The van der Waals surface area contributed by atoms with E-state index in [1.165, 1.54) is 9.80 Å². The SMILES string of the molecule is O=C(N1CC=C(OS(=O)(=O)C(F)(F)F)C1)N1CCOc2ccccc21. The summed E-state index contributed by atoms with van der Waals surface area (Å²) in [6.45, 7) is 0.119. The molecule has 2 aliphatic rings. The van der Waals surface area contributed by atoms with E-state index in [9.17, 15) is 26.4 Å². The number of hydrogen-bond donors (Lipinski definition) is 0. The summed E-state index contributed by atoms with van der Waals surface area (Å²) in [4.78, 5) is 15.2. The van der Waals surface area contributed by atoms with Crippen LogP contribution in [0.3, 0.4) is 0 Å². The maximum atomic E-state index is 12.6. The van der Waals surface area contributed by atoms with Crippen LogP contribution in [0.15, 0.2) is 36.1 Å². The maximum absolute atomic E-state index is 12.6. The van der Waals surface area contributed by atoms with E-state index in [0.717, 1.165) is 6.08 Å². The highest BCUT2D eigenvalue weighted by Gasteiger charge is 2.49. The van der Waals surface area contributed by atoms with Crippen LogP contribution in [-0.2, 0) is 14.3 Å². The van der Waals surface area contributed by atoms with E-state index in [2.05, 4.69) is 4.18 Å². The van der Waals surface area contributed by atoms with Gasteiger partial charge in [-0.15, -0.1) is 0 Å². The van der Waals surface area contributed by atoms with Gasteiger partial charge in [0.15, 0.2) is 0 Å². The largest absolute Gasteiger partial charge is 0.534 e. The van der Waals surface area contributed by atoms with Crippen molar-refractivity contribution in [2.24, 2.45) is 0 Å². The first-order valence-electron chi connectivity index (χ1n) is 7.17. The number of alkyl halides is 3. The molecule has 3 rings (SSSR count). The van der Waals surface area contributed by atoms with Crippen molar-refractivity contribution in [3.05, 3.63) is 36.1 Å². The van der Waals surface area contributed by atoms with Crippen LogP contribution < -0.4 is 9.64 Å². The third-order valence-electron chi connectivity index (χ3n) is 3.62. The van der Waals surface area contributed by atoms with E-state index in [-0.39, 0.29) is 26.2 Å². The number of hydrogen-bond acceptors (Lipinski definition) is 5. The summed E-state index contributed by atoms with van der Waals surface area (Å²) in [5.41, 5.74) is -4.98. The highest BCUT2D eigenvalue weighted by Crippen LogP contribution is 2.33. The minimum absolute atomic E-state index is 0.0545. The van der Waals surface area contributed by atoms with Crippen molar-refractivity contribution >= 4 is 21.8 Å². The third kappa shape index (κ3) is 3.36. The number of amides is 2. The number of fused-ring (bicyclic) bond motifs is 1. The predicted octanol–water partition coefficient (Wildman–Crippen LogP) is 2.07. The quantitative estimate of drug-likeness (QED) is 0.582. The monoisotopic (exact) mass is 378 g/mol. The first kappa shape index (κ1) is 17.4. The van der Waals surface area contributed by atoms with Crippen molar-refractivity contribution in [3.8, 4) is 5.75 Å². The molecule has 2 heterocycles. The first-order valence-corrected chi connectivity index (χ1v) is 8.58. The van der Waals surface area contributed by atoms with Crippen molar-refractivity contribution in [1.82, 2.24) is 4.90 Å². The van der Waals surface area contributed by atoms with Crippen LogP contribution in [-0.4, -0.2) is 51.1 Å². The second kappa shape index (κ2) is 6.14. The molecule has 0 N–H and O–H groups in total. The smallest absolute Gasteiger partial charge is 0.490 e. The normalized spacial score (nSPS) is 17.6. The van der Waals surface area contributed by atoms with Crippen LogP contribution in [0, 0.1) is 0 Å². The molecule has 0 fully saturated rings. The van der Waals surface area contributed by atoms with Gasteiger partial charge in [0.05, 0.1) is 18.8 Å². The summed E-state index contributed by atoms with van der Waals surface area (Å²) < 4.78 is 68.6. The van der Waals surface area contributed by atoms with Crippen LogP contribution in [0.1, 0.15) is 0 Å². The van der Waals surface area contributed by atoms with Gasteiger partial charge >= 0.3 is 21.7 Å². The molecular formula is C14H13F3N2O5S. The summed E-state index contributed by atoms with van der Waals surface area (Å²) >= 11 is 0. The zero-order chi connectivity index (χ0) is 18.2. The third-order valence-corrected chi connectivity index (χ3v) is 4.62. The lowest BCUT2D eigenvalue weighted by atomic mass is 10.2. The van der Waals surface area contributed by atoms with Crippen LogP contribution >= 0.6 is 0 Å². The number of para-hydroxylation sites is 2. The van der Waals surface area contributed by atoms with Gasteiger partial charge in [0.1, 0.15) is 18.1 Å². The molecule has 0 saturated carbocycles. The lowest BCUT2D eigenvalue weighted by Gasteiger charge is -2.32. The number of halogens is 3. The zero-order valence-electron chi connectivity index (χ0n) is 12.7. The minimum atomic E-state index is -5.74. The zero-order valence-corrected chi connectivity index (χ0v) is 13.5. The van der Waals surface area contributed by atoms with Gasteiger partial charge in [-0.25, -0.2) is 4.79 Å². The number of anilines is 1. The Morgan fingerprint density at radius 1 is 1.24 bits per heavy atom. The molecule has 0 saturated heterocycles. The van der Waals surface area contributed by atoms with Crippen LogP contribution in [0.2, 0.25) is 0 Å². The van der Waals surface area contributed by atoms with Crippen molar-refractivity contribution in [3.63, 3.8) is 0 Å². The molecule has 0 radical (unpaired) electrons. The van der Waals surface area contributed by atoms with Gasteiger partial charge in [0.25, 0.3) is 0 Å². The fraction of sp³-hybridized carbons (Fsp3) is 0.357. The Bertz CT molecular complexity index is 822. The Hall–Kier alpha value is -2.43. The molecule has 136 valence electrons. The summed E-state index contributed by atoms with van der Waals surface area (Å²) in [5.74, 6) is 0.0811. The molecule has 1 aromatic carbocycles. The molecule has 25 heavy (non-hydrogen) atoms. The molecule has 1 aromatic rings. The van der Waals surface area contributed by atoms with Crippen LogP contribution in [0.4, 0.5) is 23.7 Å². The molecule has 2 aliphatic heterocycles.